The van der Waals surface area contributed by atoms with Crippen molar-refractivity contribution in [1.29, 1.82) is 0 Å². The molecule has 1 aromatic heterocycles. The van der Waals surface area contributed by atoms with Gasteiger partial charge in [-0.05, 0) is 24.7 Å². The molecule has 1 aliphatic rings. The Morgan fingerprint density at radius 2 is 2.30 bits per heavy atom. The van der Waals surface area contributed by atoms with Crippen LogP contribution in [0.3, 0.4) is 0 Å². The topological polar surface area (TPSA) is 64.2 Å². The lowest BCUT2D eigenvalue weighted by molar-refractivity contribution is -0.135. The van der Waals surface area contributed by atoms with Crippen molar-refractivity contribution in [1.82, 2.24) is 14.5 Å². The SMILES string of the molecule is CC(C)[C@H](N)C(=O)N1CCC[C@H](Cc2nccn2C)C1. The first-order valence-electron chi connectivity index (χ1n) is 7.49. The highest BCUT2D eigenvalue weighted by Gasteiger charge is 2.28. The minimum atomic E-state index is -0.373. The summed E-state index contributed by atoms with van der Waals surface area (Å²) in [5, 5.41) is 0. The van der Waals surface area contributed by atoms with Crippen LogP contribution < -0.4 is 5.73 Å². The molecule has 0 unspecified atom stereocenters. The number of likely N-dealkylation sites (tertiary alicyclic amines) is 1. The Bertz CT molecular complexity index is 454. The van der Waals surface area contributed by atoms with Gasteiger partial charge < -0.3 is 15.2 Å². The number of hydrogen-bond acceptors (Lipinski definition) is 3. The Morgan fingerprint density at radius 3 is 2.90 bits per heavy atom. The minimum Gasteiger partial charge on any atom is -0.341 e. The molecule has 2 atom stereocenters. The number of nitrogens with two attached hydrogens (primary N) is 1. The molecule has 1 fully saturated rings. The zero-order valence-corrected chi connectivity index (χ0v) is 12.7. The smallest absolute Gasteiger partial charge is 0.239 e. The van der Waals surface area contributed by atoms with Crippen molar-refractivity contribution in [2.24, 2.45) is 24.6 Å². The first kappa shape index (κ1) is 15.0. The lowest BCUT2D eigenvalue weighted by Gasteiger charge is -2.35. The lowest BCUT2D eigenvalue weighted by Crippen LogP contribution is -2.50. The van der Waals surface area contributed by atoms with Crippen molar-refractivity contribution >= 4 is 5.91 Å². The number of imidazole rings is 1. The molecule has 0 radical (unpaired) electrons. The Labute approximate surface area is 121 Å². The molecule has 0 bridgehead atoms. The number of piperidine rings is 1. The summed E-state index contributed by atoms with van der Waals surface area (Å²) in [6.07, 6.45) is 6.95. The van der Waals surface area contributed by atoms with Gasteiger partial charge >= 0.3 is 0 Å². The van der Waals surface area contributed by atoms with Crippen LogP contribution in [0.2, 0.25) is 0 Å². The monoisotopic (exact) mass is 278 g/mol. The zero-order chi connectivity index (χ0) is 14.7. The summed E-state index contributed by atoms with van der Waals surface area (Å²) in [5.74, 6) is 1.88. The van der Waals surface area contributed by atoms with Crippen molar-refractivity contribution in [2.45, 2.75) is 39.2 Å². The van der Waals surface area contributed by atoms with E-state index in [1.807, 2.05) is 38.2 Å². The predicted molar refractivity (Wildman–Crippen MR) is 79.0 cm³/mol. The fourth-order valence-electron chi connectivity index (χ4n) is 2.78. The standard InChI is InChI=1S/C15H26N4O/c1-11(2)14(16)15(20)19-7-4-5-12(10-19)9-13-17-6-8-18(13)3/h6,8,11-12,14H,4-5,7,9-10,16H2,1-3H3/t12-,14+/m1/s1. The molecule has 1 saturated heterocycles. The fourth-order valence-corrected chi connectivity index (χ4v) is 2.78. The maximum Gasteiger partial charge on any atom is 0.239 e. The average molecular weight is 278 g/mol. The highest BCUT2D eigenvalue weighted by Crippen LogP contribution is 2.21. The van der Waals surface area contributed by atoms with Crippen LogP contribution in [0.4, 0.5) is 0 Å². The van der Waals surface area contributed by atoms with Crippen molar-refractivity contribution in [3.63, 3.8) is 0 Å². The molecular weight excluding hydrogens is 252 g/mol. The van der Waals surface area contributed by atoms with E-state index in [4.69, 9.17) is 5.73 Å². The van der Waals surface area contributed by atoms with E-state index in [9.17, 15) is 4.79 Å². The molecular formula is C15H26N4O. The molecule has 0 aliphatic carbocycles. The second-order valence-electron chi connectivity index (χ2n) is 6.22. The van der Waals surface area contributed by atoms with Gasteiger partial charge in [0.25, 0.3) is 0 Å². The number of aryl methyl sites for hydroxylation is 1. The molecule has 1 amide bonds. The Hall–Kier alpha value is -1.36. The Morgan fingerprint density at radius 1 is 1.55 bits per heavy atom. The van der Waals surface area contributed by atoms with Gasteiger partial charge in [0, 0.05) is 39.0 Å². The third-order valence-electron chi connectivity index (χ3n) is 4.23. The molecule has 5 nitrogen and oxygen atoms in total. The highest BCUT2D eigenvalue weighted by atomic mass is 16.2. The highest BCUT2D eigenvalue weighted by molar-refractivity contribution is 5.82. The van der Waals surface area contributed by atoms with Crippen LogP contribution in [0.15, 0.2) is 12.4 Å². The van der Waals surface area contributed by atoms with E-state index in [2.05, 4.69) is 9.55 Å². The largest absolute Gasteiger partial charge is 0.341 e. The van der Waals surface area contributed by atoms with Gasteiger partial charge in [-0.3, -0.25) is 4.79 Å². The van der Waals surface area contributed by atoms with Crippen molar-refractivity contribution in [2.75, 3.05) is 13.1 Å². The van der Waals surface area contributed by atoms with Crippen LogP contribution in [0.1, 0.15) is 32.5 Å². The Balaban J connectivity index is 1.95. The van der Waals surface area contributed by atoms with E-state index in [0.717, 1.165) is 38.2 Å². The summed E-state index contributed by atoms with van der Waals surface area (Å²) in [7, 11) is 2.02. The number of aromatic nitrogens is 2. The van der Waals surface area contributed by atoms with Crippen LogP contribution in [-0.2, 0) is 18.3 Å². The Kier molecular flexibility index (Phi) is 4.81. The molecule has 1 aliphatic heterocycles. The summed E-state index contributed by atoms with van der Waals surface area (Å²) < 4.78 is 2.06. The van der Waals surface area contributed by atoms with E-state index >= 15 is 0 Å². The van der Waals surface area contributed by atoms with E-state index in [0.29, 0.717) is 5.92 Å². The van der Waals surface area contributed by atoms with Crippen LogP contribution in [0.25, 0.3) is 0 Å². The third kappa shape index (κ3) is 3.39. The predicted octanol–water partition coefficient (Wildman–Crippen LogP) is 1.18. The summed E-state index contributed by atoms with van der Waals surface area (Å²) >= 11 is 0. The fraction of sp³-hybridized carbons (Fsp3) is 0.733. The summed E-state index contributed by atoms with van der Waals surface area (Å²) in [4.78, 5) is 18.7. The maximum atomic E-state index is 12.3. The van der Waals surface area contributed by atoms with Crippen LogP contribution in [-0.4, -0.2) is 39.5 Å². The summed E-state index contributed by atoms with van der Waals surface area (Å²) in [5.41, 5.74) is 5.99. The van der Waals surface area contributed by atoms with Gasteiger partial charge in [0.15, 0.2) is 0 Å². The molecule has 2 heterocycles. The first-order valence-corrected chi connectivity index (χ1v) is 7.49. The molecule has 20 heavy (non-hydrogen) atoms. The molecule has 112 valence electrons. The van der Waals surface area contributed by atoms with Gasteiger partial charge in [0.1, 0.15) is 5.82 Å². The third-order valence-corrected chi connectivity index (χ3v) is 4.23. The van der Waals surface area contributed by atoms with E-state index < -0.39 is 0 Å². The molecule has 0 spiro atoms. The molecule has 2 rings (SSSR count). The minimum absolute atomic E-state index is 0.101. The molecule has 0 saturated carbocycles. The number of rotatable bonds is 4. The quantitative estimate of drug-likeness (QED) is 0.899. The summed E-state index contributed by atoms with van der Waals surface area (Å²) in [6, 6.07) is -0.373. The van der Waals surface area contributed by atoms with Gasteiger partial charge in [-0.1, -0.05) is 13.8 Å². The van der Waals surface area contributed by atoms with Crippen LogP contribution in [0.5, 0.6) is 0 Å². The average Bonchev–Trinajstić information content (AvgIpc) is 2.83. The van der Waals surface area contributed by atoms with E-state index in [1.54, 1.807) is 0 Å². The second kappa shape index (κ2) is 6.39. The van der Waals surface area contributed by atoms with Gasteiger partial charge in [-0.25, -0.2) is 4.98 Å². The maximum absolute atomic E-state index is 12.3. The number of nitrogens with zero attached hydrogens (tertiary/aromatic N) is 3. The van der Waals surface area contributed by atoms with Crippen LogP contribution >= 0.6 is 0 Å². The van der Waals surface area contributed by atoms with Gasteiger partial charge in [0.05, 0.1) is 6.04 Å². The number of carbonyl (C=O) groups is 1. The van der Waals surface area contributed by atoms with Gasteiger partial charge in [-0.2, -0.15) is 0 Å². The molecule has 0 aromatic carbocycles. The summed E-state index contributed by atoms with van der Waals surface area (Å²) in [6.45, 7) is 5.65. The number of hydrogen-bond donors (Lipinski definition) is 1. The van der Waals surface area contributed by atoms with Gasteiger partial charge in [-0.15, -0.1) is 0 Å². The van der Waals surface area contributed by atoms with Crippen LogP contribution in [0, 0.1) is 11.8 Å². The number of carbonyl (C=O) groups excluding carboxylic acids is 1. The van der Waals surface area contributed by atoms with Crippen molar-refractivity contribution in [3.8, 4) is 0 Å². The second-order valence-corrected chi connectivity index (χ2v) is 6.22. The number of amides is 1. The molecule has 1 aromatic rings. The zero-order valence-electron chi connectivity index (χ0n) is 12.7. The molecule has 2 N–H and O–H groups in total. The van der Waals surface area contributed by atoms with Crippen molar-refractivity contribution in [3.05, 3.63) is 18.2 Å². The first-order chi connectivity index (χ1) is 9.49. The van der Waals surface area contributed by atoms with E-state index in [1.165, 1.54) is 0 Å². The van der Waals surface area contributed by atoms with Crippen molar-refractivity contribution < 1.29 is 4.79 Å². The normalized spacial score (nSPS) is 21.2. The molecule has 5 heteroatoms. The lowest BCUT2D eigenvalue weighted by atomic mass is 9.93. The van der Waals surface area contributed by atoms with Gasteiger partial charge in [0.2, 0.25) is 5.91 Å². The van der Waals surface area contributed by atoms with E-state index in [-0.39, 0.29) is 17.9 Å².